The van der Waals surface area contributed by atoms with Crippen LogP contribution in [-0.4, -0.2) is 9.97 Å². The van der Waals surface area contributed by atoms with Crippen LogP contribution in [-0.2, 0) is 6.42 Å². The van der Waals surface area contributed by atoms with Crippen molar-refractivity contribution in [3.05, 3.63) is 181 Å². The van der Waals surface area contributed by atoms with Gasteiger partial charge < -0.3 is 9.32 Å². The molecule has 8 aromatic rings. The Labute approximate surface area is 296 Å². The molecule has 242 valence electrons. The lowest BCUT2D eigenvalue weighted by Gasteiger charge is -2.25. The maximum absolute atomic E-state index is 6.64. The van der Waals surface area contributed by atoms with Gasteiger partial charge in [0.1, 0.15) is 11.2 Å². The molecule has 0 spiro atoms. The van der Waals surface area contributed by atoms with Gasteiger partial charge in [0, 0.05) is 57.0 Å². The minimum Gasteiger partial charge on any atom is -0.456 e. The van der Waals surface area contributed by atoms with Crippen LogP contribution in [0.4, 0.5) is 17.1 Å². The van der Waals surface area contributed by atoms with Crippen molar-refractivity contribution >= 4 is 44.6 Å². The molecule has 0 fully saturated rings. The van der Waals surface area contributed by atoms with Gasteiger partial charge in [-0.1, -0.05) is 115 Å². The summed E-state index contributed by atoms with van der Waals surface area (Å²) in [4.78, 5) is 12.9. The maximum Gasteiger partial charge on any atom is 0.161 e. The van der Waals surface area contributed by atoms with E-state index in [1.165, 1.54) is 33.4 Å². The highest BCUT2D eigenvalue weighted by Crippen LogP contribution is 2.44. The third-order valence-electron chi connectivity index (χ3n) is 10.1. The van der Waals surface area contributed by atoms with E-state index in [-0.39, 0.29) is 0 Å². The molecule has 0 bridgehead atoms. The van der Waals surface area contributed by atoms with Gasteiger partial charge in [-0.05, 0) is 77.6 Å². The number of anilines is 3. The fourth-order valence-corrected chi connectivity index (χ4v) is 7.72. The van der Waals surface area contributed by atoms with Crippen LogP contribution in [0.25, 0.3) is 61.3 Å². The number of aromatic nitrogens is 2. The molecule has 2 aromatic heterocycles. The second-order valence-electron chi connectivity index (χ2n) is 13.2. The maximum atomic E-state index is 6.64. The van der Waals surface area contributed by atoms with Crippen LogP contribution in [0.15, 0.2) is 168 Å². The first-order chi connectivity index (χ1) is 25.3. The Bertz CT molecular complexity index is 2650. The first-order valence-electron chi connectivity index (χ1n) is 17.6. The molecule has 4 heteroatoms. The standard InChI is InChI=1S/C47H33N3O/c1-4-13-31(14-5-1)32-23-25-36(26-24-32)50(35-18-8-3-9-19-35)37-27-28-39-43(30-37)51-42-22-12-21-40(44(39)42)47-48-45(33-15-6-2-7-16-33)41-29-34-17-10-11-20-38(34)46(41)49-47/h1,3-6,8-28,30H,2,7,29H2. The van der Waals surface area contributed by atoms with E-state index >= 15 is 0 Å². The van der Waals surface area contributed by atoms with E-state index in [0.717, 1.165) is 81.0 Å². The number of hydrogen-bond donors (Lipinski definition) is 0. The second kappa shape index (κ2) is 12.1. The van der Waals surface area contributed by atoms with Gasteiger partial charge in [-0.2, -0.15) is 0 Å². The molecule has 10 rings (SSSR count). The molecule has 6 aromatic carbocycles. The molecule has 51 heavy (non-hydrogen) atoms. The van der Waals surface area contributed by atoms with E-state index in [0.29, 0.717) is 0 Å². The molecule has 2 aliphatic carbocycles. The van der Waals surface area contributed by atoms with Crippen molar-refractivity contribution in [1.82, 2.24) is 9.97 Å². The van der Waals surface area contributed by atoms with E-state index in [4.69, 9.17) is 14.4 Å². The lowest BCUT2D eigenvalue weighted by Crippen LogP contribution is -2.09. The molecule has 0 unspecified atom stereocenters. The van der Waals surface area contributed by atoms with Crippen molar-refractivity contribution in [1.29, 1.82) is 0 Å². The van der Waals surface area contributed by atoms with E-state index in [1.54, 1.807) is 0 Å². The van der Waals surface area contributed by atoms with Gasteiger partial charge in [0.25, 0.3) is 0 Å². The van der Waals surface area contributed by atoms with Crippen LogP contribution < -0.4 is 4.90 Å². The monoisotopic (exact) mass is 655 g/mol. The van der Waals surface area contributed by atoms with Crippen molar-refractivity contribution < 1.29 is 4.42 Å². The highest BCUT2D eigenvalue weighted by atomic mass is 16.3. The Balaban J connectivity index is 1.11. The third kappa shape index (κ3) is 5.07. The summed E-state index contributed by atoms with van der Waals surface area (Å²) in [5.74, 6) is 0.724. The Morgan fingerprint density at radius 3 is 2.08 bits per heavy atom. The van der Waals surface area contributed by atoms with Crippen LogP contribution in [0.1, 0.15) is 29.7 Å². The third-order valence-corrected chi connectivity index (χ3v) is 10.1. The second-order valence-corrected chi connectivity index (χ2v) is 13.2. The largest absolute Gasteiger partial charge is 0.456 e. The zero-order valence-corrected chi connectivity index (χ0v) is 28.0. The van der Waals surface area contributed by atoms with Crippen molar-refractivity contribution in [2.45, 2.75) is 19.3 Å². The topological polar surface area (TPSA) is 42.2 Å². The average Bonchev–Trinajstić information content (AvgIpc) is 3.77. The molecule has 0 amide bonds. The Morgan fingerprint density at radius 1 is 0.549 bits per heavy atom. The van der Waals surface area contributed by atoms with Crippen LogP contribution in [0.3, 0.4) is 0 Å². The summed E-state index contributed by atoms with van der Waals surface area (Å²) in [6, 6.07) is 51.1. The first-order valence-corrected chi connectivity index (χ1v) is 17.6. The SMILES string of the molecule is C1=CC(c2nc(-c3cccc4oc5cc(N(c6ccccc6)c6ccc(-c7ccccc7)cc6)ccc5c34)nc3c2Cc2ccccc2-3)=CCC1. The summed E-state index contributed by atoms with van der Waals surface area (Å²) in [5.41, 5.74) is 15.1. The van der Waals surface area contributed by atoms with Crippen LogP contribution in [0.5, 0.6) is 0 Å². The fourth-order valence-electron chi connectivity index (χ4n) is 7.72. The number of fused-ring (bicyclic) bond motifs is 6. The normalized spacial score (nSPS) is 13.3. The fraction of sp³-hybridized carbons (Fsp3) is 0.0638. The average molecular weight is 656 g/mol. The summed E-state index contributed by atoms with van der Waals surface area (Å²) in [7, 11) is 0. The van der Waals surface area contributed by atoms with E-state index in [9.17, 15) is 0 Å². The smallest absolute Gasteiger partial charge is 0.161 e. The number of para-hydroxylation sites is 1. The minimum absolute atomic E-state index is 0.724. The molecule has 0 saturated carbocycles. The summed E-state index contributed by atoms with van der Waals surface area (Å²) < 4.78 is 6.64. The van der Waals surface area contributed by atoms with Gasteiger partial charge in [0.05, 0.1) is 11.4 Å². The van der Waals surface area contributed by atoms with Gasteiger partial charge in [0.15, 0.2) is 5.82 Å². The predicted octanol–water partition coefficient (Wildman–Crippen LogP) is 12.5. The molecule has 0 saturated heterocycles. The summed E-state index contributed by atoms with van der Waals surface area (Å²) in [6.45, 7) is 0. The molecule has 0 atom stereocenters. The minimum atomic E-state index is 0.724. The van der Waals surface area contributed by atoms with Gasteiger partial charge >= 0.3 is 0 Å². The lowest BCUT2D eigenvalue weighted by atomic mass is 9.98. The molecule has 0 radical (unpaired) electrons. The van der Waals surface area contributed by atoms with Crippen LogP contribution in [0.2, 0.25) is 0 Å². The summed E-state index contributed by atoms with van der Waals surface area (Å²) in [5, 5.41) is 2.07. The molecule has 0 aliphatic heterocycles. The predicted molar refractivity (Wildman–Crippen MR) is 209 cm³/mol. The number of rotatable bonds is 6. The van der Waals surface area contributed by atoms with Gasteiger partial charge in [-0.25, -0.2) is 9.97 Å². The highest BCUT2D eigenvalue weighted by Gasteiger charge is 2.27. The molecule has 2 aliphatic rings. The Kier molecular flexibility index (Phi) is 6.98. The summed E-state index contributed by atoms with van der Waals surface area (Å²) in [6.07, 6.45) is 9.73. The van der Waals surface area contributed by atoms with Gasteiger partial charge in [-0.3, -0.25) is 0 Å². The molecular weight excluding hydrogens is 623 g/mol. The van der Waals surface area contributed by atoms with Crippen molar-refractivity contribution in [3.63, 3.8) is 0 Å². The van der Waals surface area contributed by atoms with Gasteiger partial charge in [-0.15, -0.1) is 0 Å². The first kappa shape index (κ1) is 29.4. The molecule has 0 N–H and O–H groups in total. The zero-order valence-electron chi connectivity index (χ0n) is 28.0. The van der Waals surface area contributed by atoms with Gasteiger partial charge in [0.2, 0.25) is 0 Å². The zero-order chi connectivity index (χ0) is 33.7. The number of allylic oxidation sites excluding steroid dienone is 4. The number of benzene rings is 6. The summed E-state index contributed by atoms with van der Waals surface area (Å²) >= 11 is 0. The van der Waals surface area contributed by atoms with Crippen molar-refractivity contribution in [3.8, 4) is 33.8 Å². The number of nitrogens with zero attached hydrogens (tertiary/aromatic N) is 3. The Hall–Kier alpha value is -6.52. The highest BCUT2D eigenvalue weighted by molar-refractivity contribution is 6.12. The molecule has 2 heterocycles. The quantitative estimate of drug-likeness (QED) is 0.179. The van der Waals surface area contributed by atoms with E-state index in [1.807, 2.05) is 12.1 Å². The van der Waals surface area contributed by atoms with E-state index in [2.05, 4.69) is 157 Å². The van der Waals surface area contributed by atoms with Crippen molar-refractivity contribution in [2.24, 2.45) is 0 Å². The Morgan fingerprint density at radius 2 is 1.25 bits per heavy atom. The van der Waals surface area contributed by atoms with E-state index < -0.39 is 0 Å². The number of hydrogen-bond acceptors (Lipinski definition) is 4. The molecule has 4 nitrogen and oxygen atoms in total. The van der Waals surface area contributed by atoms with Crippen LogP contribution in [0, 0.1) is 0 Å². The van der Waals surface area contributed by atoms with Crippen molar-refractivity contribution in [2.75, 3.05) is 4.90 Å². The van der Waals surface area contributed by atoms with Crippen LogP contribution >= 0.6 is 0 Å². The molecular formula is C47H33N3O. The lowest BCUT2D eigenvalue weighted by molar-refractivity contribution is 0.669. The number of furan rings is 1.